The Kier molecular flexibility index (Phi) is 5.10. The number of carbonyl (C=O) groups is 2. The van der Waals surface area contributed by atoms with Crippen LogP contribution in [0.2, 0.25) is 0 Å². The molecule has 29 heavy (non-hydrogen) atoms. The summed E-state index contributed by atoms with van der Waals surface area (Å²) >= 11 is 0. The van der Waals surface area contributed by atoms with Crippen LogP contribution in [0, 0.1) is 5.82 Å². The van der Waals surface area contributed by atoms with Crippen LogP contribution < -0.4 is 0 Å². The Morgan fingerprint density at radius 2 is 1.62 bits per heavy atom. The van der Waals surface area contributed by atoms with Crippen LogP contribution in [-0.2, 0) is 16.2 Å². The maximum Gasteiger partial charge on any atom is 0.313 e. The van der Waals surface area contributed by atoms with Crippen molar-refractivity contribution in [3.05, 3.63) is 107 Å². The lowest BCUT2D eigenvalue weighted by molar-refractivity contribution is -0.176. The monoisotopic (exact) mass is 391 g/mol. The van der Waals surface area contributed by atoms with Gasteiger partial charge >= 0.3 is 5.97 Å². The van der Waals surface area contributed by atoms with Gasteiger partial charge in [0.1, 0.15) is 24.4 Å². The van der Waals surface area contributed by atoms with E-state index >= 15 is 0 Å². The van der Waals surface area contributed by atoms with E-state index in [1.807, 2.05) is 30.3 Å². The van der Waals surface area contributed by atoms with Crippen LogP contribution in [0.4, 0.5) is 4.39 Å². The molecule has 2 unspecified atom stereocenters. The summed E-state index contributed by atoms with van der Waals surface area (Å²) in [6.07, 6.45) is 0. The van der Waals surface area contributed by atoms with Crippen molar-refractivity contribution in [1.82, 2.24) is 5.06 Å². The van der Waals surface area contributed by atoms with Gasteiger partial charge in [0.25, 0.3) is 5.91 Å². The van der Waals surface area contributed by atoms with E-state index in [9.17, 15) is 19.1 Å². The molecule has 0 fully saturated rings. The molecule has 1 heterocycles. The number of carbonyl (C=O) groups excluding carboxylic acids is 1. The van der Waals surface area contributed by atoms with Crippen LogP contribution in [0.3, 0.4) is 0 Å². The van der Waals surface area contributed by atoms with E-state index in [0.29, 0.717) is 11.1 Å². The van der Waals surface area contributed by atoms with Gasteiger partial charge in [0.2, 0.25) is 0 Å². The lowest BCUT2D eigenvalue weighted by Crippen LogP contribution is -2.44. The van der Waals surface area contributed by atoms with Crippen molar-refractivity contribution in [2.75, 3.05) is 0 Å². The van der Waals surface area contributed by atoms with Crippen molar-refractivity contribution in [1.29, 1.82) is 0 Å². The molecule has 1 aliphatic rings. The summed E-state index contributed by atoms with van der Waals surface area (Å²) in [6, 6.07) is 20.4. The van der Waals surface area contributed by atoms with E-state index in [0.717, 1.165) is 10.6 Å². The second-order valence-electron chi connectivity index (χ2n) is 6.79. The van der Waals surface area contributed by atoms with Gasteiger partial charge in [-0.3, -0.25) is 14.4 Å². The number of hydroxylamine groups is 2. The van der Waals surface area contributed by atoms with Crippen LogP contribution in [0.15, 0.2) is 78.9 Å². The molecule has 1 N–H and O–H groups in total. The highest BCUT2D eigenvalue weighted by Crippen LogP contribution is 2.43. The molecular formula is C23H18FNO4. The molecule has 0 bridgehead atoms. The van der Waals surface area contributed by atoms with Crippen molar-refractivity contribution < 1.29 is 23.9 Å². The van der Waals surface area contributed by atoms with E-state index in [1.54, 1.807) is 24.3 Å². The van der Waals surface area contributed by atoms with Crippen molar-refractivity contribution in [2.24, 2.45) is 0 Å². The molecule has 6 heteroatoms. The van der Waals surface area contributed by atoms with Gasteiger partial charge in [-0.2, -0.15) is 0 Å². The molecular weight excluding hydrogens is 373 g/mol. The summed E-state index contributed by atoms with van der Waals surface area (Å²) in [5.74, 6) is -3.01. The van der Waals surface area contributed by atoms with Gasteiger partial charge in [0.05, 0.1) is 0 Å². The Labute approximate surface area is 166 Å². The third-order valence-electron chi connectivity index (χ3n) is 4.99. The number of carboxylic acids is 1. The molecule has 5 nitrogen and oxygen atoms in total. The number of hydrogen-bond donors (Lipinski definition) is 1. The number of rotatable bonds is 5. The minimum Gasteiger partial charge on any atom is -0.481 e. The molecule has 4 rings (SSSR count). The second kappa shape index (κ2) is 7.85. The first-order valence-corrected chi connectivity index (χ1v) is 9.14. The average molecular weight is 391 g/mol. The predicted octanol–water partition coefficient (Wildman–Crippen LogP) is 4.32. The highest BCUT2D eigenvalue weighted by molar-refractivity contribution is 5.99. The number of halogens is 1. The van der Waals surface area contributed by atoms with E-state index in [2.05, 4.69) is 0 Å². The third-order valence-corrected chi connectivity index (χ3v) is 4.99. The maximum absolute atomic E-state index is 13.5. The Bertz CT molecular complexity index is 1040. The van der Waals surface area contributed by atoms with Gasteiger partial charge in [-0.25, -0.2) is 9.45 Å². The highest BCUT2D eigenvalue weighted by Gasteiger charge is 2.45. The molecule has 0 radical (unpaired) electrons. The lowest BCUT2D eigenvalue weighted by atomic mass is 9.81. The molecule has 0 aliphatic carbocycles. The first kappa shape index (κ1) is 18.8. The summed E-state index contributed by atoms with van der Waals surface area (Å²) in [5, 5.41) is 11.1. The molecule has 1 aliphatic heterocycles. The molecule has 3 aromatic carbocycles. The zero-order chi connectivity index (χ0) is 20.4. The Morgan fingerprint density at radius 1 is 0.966 bits per heavy atom. The van der Waals surface area contributed by atoms with E-state index in [-0.39, 0.29) is 12.2 Å². The molecule has 0 aromatic heterocycles. The number of carboxylic acid groups (broad SMARTS) is 1. The fourth-order valence-corrected chi connectivity index (χ4v) is 3.63. The van der Waals surface area contributed by atoms with Gasteiger partial charge in [-0.1, -0.05) is 60.7 Å². The number of aliphatic carboxylic acids is 1. The van der Waals surface area contributed by atoms with Crippen molar-refractivity contribution in [2.45, 2.75) is 18.6 Å². The fourth-order valence-electron chi connectivity index (χ4n) is 3.63. The third kappa shape index (κ3) is 3.62. The van der Waals surface area contributed by atoms with Crippen LogP contribution in [0.5, 0.6) is 0 Å². The highest BCUT2D eigenvalue weighted by atomic mass is 19.1. The largest absolute Gasteiger partial charge is 0.481 e. The summed E-state index contributed by atoms with van der Waals surface area (Å²) in [5.41, 5.74) is 2.02. The van der Waals surface area contributed by atoms with E-state index in [1.165, 1.54) is 24.3 Å². The summed E-state index contributed by atoms with van der Waals surface area (Å²) < 4.78 is 13.5. The predicted molar refractivity (Wildman–Crippen MR) is 103 cm³/mol. The Morgan fingerprint density at radius 3 is 2.31 bits per heavy atom. The van der Waals surface area contributed by atoms with Crippen molar-refractivity contribution >= 4 is 11.9 Å². The normalized spacial score (nSPS) is 18.4. The topological polar surface area (TPSA) is 66.8 Å². The second-order valence-corrected chi connectivity index (χ2v) is 6.79. The molecule has 3 aromatic rings. The molecule has 2 atom stereocenters. The molecule has 0 spiro atoms. The number of fused-ring (bicyclic) bond motifs is 1. The number of benzene rings is 3. The maximum atomic E-state index is 13.5. The smallest absolute Gasteiger partial charge is 0.313 e. The molecule has 1 amide bonds. The van der Waals surface area contributed by atoms with Gasteiger partial charge in [-0.05, 0) is 34.9 Å². The fraction of sp³-hybridized carbons (Fsp3) is 0.130. The number of hydrogen-bond acceptors (Lipinski definition) is 3. The van der Waals surface area contributed by atoms with Crippen LogP contribution in [0.1, 0.15) is 39.0 Å². The van der Waals surface area contributed by atoms with Crippen LogP contribution in [-0.4, -0.2) is 22.0 Å². The van der Waals surface area contributed by atoms with Gasteiger partial charge in [0, 0.05) is 5.56 Å². The van der Waals surface area contributed by atoms with Crippen molar-refractivity contribution in [3.63, 3.8) is 0 Å². The zero-order valence-electron chi connectivity index (χ0n) is 15.4. The zero-order valence-corrected chi connectivity index (χ0v) is 15.4. The lowest BCUT2D eigenvalue weighted by Gasteiger charge is -2.39. The van der Waals surface area contributed by atoms with Gasteiger partial charge in [-0.15, -0.1) is 0 Å². The van der Waals surface area contributed by atoms with Crippen molar-refractivity contribution in [3.8, 4) is 0 Å². The Hall–Kier alpha value is -3.51. The number of amides is 1. The van der Waals surface area contributed by atoms with Crippen LogP contribution >= 0.6 is 0 Å². The van der Waals surface area contributed by atoms with E-state index < -0.39 is 29.7 Å². The van der Waals surface area contributed by atoms with Crippen LogP contribution in [0.25, 0.3) is 0 Å². The molecule has 0 saturated heterocycles. The summed E-state index contributed by atoms with van der Waals surface area (Å²) in [6.45, 7) is 0.0960. The van der Waals surface area contributed by atoms with E-state index in [4.69, 9.17) is 4.84 Å². The average Bonchev–Trinajstić information content (AvgIpc) is 2.74. The summed E-state index contributed by atoms with van der Waals surface area (Å²) in [7, 11) is 0. The van der Waals surface area contributed by atoms with Gasteiger partial charge < -0.3 is 5.11 Å². The molecule has 146 valence electrons. The SMILES string of the molecule is O=C(O)C1c2ccccc2C(=O)N(OCc2ccccc2)C1c1ccc(F)cc1. The first-order valence-electron chi connectivity index (χ1n) is 9.14. The molecule has 0 saturated carbocycles. The van der Waals surface area contributed by atoms with Gasteiger partial charge in [0.15, 0.2) is 0 Å². The standard InChI is InChI=1S/C23H18FNO4/c24-17-12-10-16(11-13-17)21-20(23(27)28)18-8-4-5-9-19(18)22(26)25(21)29-14-15-6-2-1-3-7-15/h1-13,20-21H,14H2,(H,27,28). The number of nitrogens with zero attached hydrogens (tertiary/aromatic N) is 1. The summed E-state index contributed by atoms with van der Waals surface area (Å²) in [4.78, 5) is 31.3. The minimum absolute atomic E-state index is 0.0960. The first-order chi connectivity index (χ1) is 14.1. The quantitative estimate of drug-likeness (QED) is 0.703. The Balaban J connectivity index is 1.79. The minimum atomic E-state index is -1.09.